The van der Waals surface area contributed by atoms with Crippen molar-refractivity contribution >= 4 is 29.1 Å². The van der Waals surface area contributed by atoms with Gasteiger partial charge in [0.1, 0.15) is 5.03 Å². The number of rotatable bonds is 5. The van der Waals surface area contributed by atoms with E-state index in [1.807, 2.05) is 49.4 Å². The number of benzene rings is 2. The van der Waals surface area contributed by atoms with Crippen molar-refractivity contribution in [3.8, 4) is 11.4 Å². The molecule has 3 aromatic rings. The average Bonchev–Trinajstić information content (AvgIpc) is 2.60. The van der Waals surface area contributed by atoms with Crippen molar-refractivity contribution in [2.75, 3.05) is 0 Å². The maximum absolute atomic E-state index is 12.1. The summed E-state index contributed by atoms with van der Waals surface area (Å²) in [5, 5.41) is 1.38. The Hall–Kier alpha value is -2.17. The highest BCUT2D eigenvalue weighted by molar-refractivity contribution is 7.98. The first-order chi connectivity index (χ1) is 12.0. The van der Waals surface area contributed by atoms with Gasteiger partial charge >= 0.3 is 0 Å². The second kappa shape index (κ2) is 7.81. The normalized spacial score (nSPS) is 10.7. The van der Waals surface area contributed by atoms with Gasteiger partial charge in [-0.2, -0.15) is 0 Å². The highest BCUT2D eigenvalue weighted by Crippen LogP contribution is 2.29. The summed E-state index contributed by atoms with van der Waals surface area (Å²) in [5.74, 6) is 1.34. The molecular weight excluding hydrogens is 352 g/mol. The third-order valence-electron chi connectivity index (χ3n) is 3.73. The largest absolute Gasteiger partial charge is 0.294 e. The molecule has 1 aromatic heterocycles. The number of nitrogens with zero attached hydrogens (tertiary/aromatic N) is 2. The summed E-state index contributed by atoms with van der Waals surface area (Å²) in [6.07, 6.45) is 0. The Morgan fingerprint density at radius 1 is 1.04 bits per heavy atom. The molecule has 0 bridgehead atoms. The molecule has 2 aromatic carbocycles. The summed E-state index contributed by atoms with van der Waals surface area (Å²) in [6.45, 7) is 3.41. The van der Waals surface area contributed by atoms with Gasteiger partial charge in [0.15, 0.2) is 11.6 Å². The third-order valence-corrected chi connectivity index (χ3v) is 5.03. The number of hydrogen-bond donors (Lipinski definition) is 0. The van der Waals surface area contributed by atoms with Crippen LogP contribution in [0, 0.1) is 6.92 Å². The van der Waals surface area contributed by atoms with Crippen molar-refractivity contribution in [2.45, 2.75) is 24.6 Å². The fraction of sp³-hybridized carbons (Fsp3) is 0.150. The summed E-state index contributed by atoms with van der Waals surface area (Å²) >= 11 is 7.51. The van der Waals surface area contributed by atoms with Crippen molar-refractivity contribution < 1.29 is 4.79 Å². The van der Waals surface area contributed by atoms with Crippen LogP contribution >= 0.6 is 23.4 Å². The van der Waals surface area contributed by atoms with Crippen LogP contribution in [-0.2, 0) is 5.75 Å². The van der Waals surface area contributed by atoms with Gasteiger partial charge in [-0.3, -0.25) is 4.79 Å². The first kappa shape index (κ1) is 17.6. The zero-order valence-electron chi connectivity index (χ0n) is 14.0. The number of Topliss-reactive ketones (excluding diaryl/α,β-unsaturated/α-hetero) is 1. The minimum Gasteiger partial charge on any atom is -0.294 e. The topological polar surface area (TPSA) is 42.9 Å². The van der Waals surface area contributed by atoms with Crippen LogP contribution in [0.1, 0.15) is 28.5 Å². The van der Waals surface area contributed by atoms with Crippen LogP contribution in [-0.4, -0.2) is 15.8 Å². The maximum atomic E-state index is 12.1. The van der Waals surface area contributed by atoms with Crippen LogP contribution in [0.25, 0.3) is 11.4 Å². The number of halogens is 1. The van der Waals surface area contributed by atoms with Crippen LogP contribution in [0.2, 0.25) is 5.02 Å². The molecule has 25 heavy (non-hydrogen) atoms. The average molecular weight is 369 g/mol. The quantitative estimate of drug-likeness (QED) is 0.334. The molecule has 0 unspecified atom stereocenters. The van der Waals surface area contributed by atoms with Gasteiger partial charge in [0, 0.05) is 16.3 Å². The van der Waals surface area contributed by atoms with Gasteiger partial charge in [-0.25, -0.2) is 9.97 Å². The van der Waals surface area contributed by atoms with E-state index in [0.29, 0.717) is 27.1 Å². The Kier molecular flexibility index (Phi) is 5.51. The Balaban J connectivity index is 1.98. The number of hydrogen-bond acceptors (Lipinski definition) is 4. The van der Waals surface area contributed by atoms with Crippen molar-refractivity contribution in [1.82, 2.24) is 9.97 Å². The zero-order chi connectivity index (χ0) is 17.8. The van der Waals surface area contributed by atoms with Crippen LogP contribution in [0.15, 0.2) is 59.6 Å². The molecule has 126 valence electrons. The SMILES string of the molecule is CC(=O)c1c(C)nc(-c2ccc(Cl)cc2)nc1SCc1ccccc1. The Morgan fingerprint density at radius 3 is 2.36 bits per heavy atom. The molecule has 1 heterocycles. The molecule has 3 rings (SSSR count). The minimum atomic E-state index is -0.0179. The van der Waals surface area contributed by atoms with Gasteiger partial charge in [0.05, 0.1) is 11.3 Å². The van der Waals surface area contributed by atoms with Crippen LogP contribution in [0.3, 0.4) is 0 Å². The van der Waals surface area contributed by atoms with E-state index in [4.69, 9.17) is 11.6 Å². The molecule has 0 amide bonds. The standard InChI is InChI=1S/C20H17ClN2OS/c1-13-18(14(2)24)20(25-12-15-6-4-3-5-7-15)23-19(22-13)16-8-10-17(21)11-9-16/h3-11H,12H2,1-2H3. The van der Waals surface area contributed by atoms with E-state index in [1.54, 1.807) is 18.7 Å². The van der Waals surface area contributed by atoms with E-state index in [0.717, 1.165) is 11.3 Å². The Bertz CT molecular complexity index is 896. The fourth-order valence-electron chi connectivity index (χ4n) is 2.51. The van der Waals surface area contributed by atoms with Gasteiger partial charge in [-0.15, -0.1) is 11.8 Å². The third kappa shape index (κ3) is 4.27. The van der Waals surface area contributed by atoms with Gasteiger partial charge in [0.2, 0.25) is 0 Å². The monoisotopic (exact) mass is 368 g/mol. The smallest absolute Gasteiger partial charge is 0.164 e. The summed E-state index contributed by atoms with van der Waals surface area (Å²) < 4.78 is 0. The van der Waals surface area contributed by atoms with Crippen molar-refractivity contribution in [3.05, 3.63) is 76.4 Å². The molecule has 3 nitrogen and oxygen atoms in total. The van der Waals surface area contributed by atoms with Crippen LogP contribution < -0.4 is 0 Å². The predicted molar refractivity (Wildman–Crippen MR) is 103 cm³/mol. The molecule has 0 aliphatic carbocycles. The first-order valence-corrected chi connectivity index (χ1v) is 9.23. The molecule has 0 radical (unpaired) electrons. The number of aromatic nitrogens is 2. The summed E-state index contributed by atoms with van der Waals surface area (Å²) in [7, 11) is 0. The minimum absolute atomic E-state index is 0.0179. The lowest BCUT2D eigenvalue weighted by molar-refractivity contribution is 0.101. The first-order valence-electron chi connectivity index (χ1n) is 7.87. The molecule has 0 aliphatic rings. The lowest BCUT2D eigenvalue weighted by Crippen LogP contribution is -2.06. The molecule has 0 atom stereocenters. The lowest BCUT2D eigenvalue weighted by atomic mass is 10.1. The van der Waals surface area contributed by atoms with Gasteiger partial charge in [-0.1, -0.05) is 41.9 Å². The zero-order valence-corrected chi connectivity index (χ0v) is 15.6. The molecular formula is C20H17ClN2OS. The number of carbonyl (C=O) groups excluding carboxylic acids is 1. The van der Waals surface area contributed by atoms with E-state index in [9.17, 15) is 4.79 Å². The number of ketones is 1. The molecule has 0 saturated heterocycles. The number of aryl methyl sites for hydroxylation is 1. The summed E-state index contributed by atoms with van der Waals surface area (Å²) in [4.78, 5) is 21.3. The number of thioether (sulfide) groups is 1. The Morgan fingerprint density at radius 2 is 1.72 bits per heavy atom. The van der Waals surface area contributed by atoms with E-state index < -0.39 is 0 Å². The highest BCUT2D eigenvalue weighted by Gasteiger charge is 2.17. The molecule has 0 N–H and O–H groups in total. The maximum Gasteiger partial charge on any atom is 0.164 e. The second-order valence-electron chi connectivity index (χ2n) is 5.65. The molecule has 0 spiro atoms. The van der Waals surface area contributed by atoms with Crippen LogP contribution in [0.4, 0.5) is 0 Å². The van der Waals surface area contributed by atoms with E-state index in [2.05, 4.69) is 22.1 Å². The summed E-state index contributed by atoms with van der Waals surface area (Å²) in [5.41, 5.74) is 3.36. The van der Waals surface area contributed by atoms with Crippen molar-refractivity contribution in [3.63, 3.8) is 0 Å². The van der Waals surface area contributed by atoms with Gasteiger partial charge in [0.25, 0.3) is 0 Å². The predicted octanol–water partition coefficient (Wildman–Crippen LogP) is 5.60. The molecule has 5 heteroatoms. The Labute approximate surface area is 156 Å². The van der Waals surface area contributed by atoms with E-state index in [1.165, 1.54) is 5.56 Å². The summed E-state index contributed by atoms with van der Waals surface area (Å²) in [6, 6.07) is 17.5. The van der Waals surface area contributed by atoms with Crippen molar-refractivity contribution in [1.29, 1.82) is 0 Å². The molecule has 0 fully saturated rings. The van der Waals surface area contributed by atoms with Gasteiger partial charge in [-0.05, 0) is 43.7 Å². The van der Waals surface area contributed by atoms with Gasteiger partial charge < -0.3 is 0 Å². The van der Waals surface area contributed by atoms with E-state index in [-0.39, 0.29) is 5.78 Å². The fourth-order valence-corrected chi connectivity index (χ4v) is 3.72. The van der Waals surface area contributed by atoms with Crippen LogP contribution in [0.5, 0.6) is 0 Å². The number of carbonyl (C=O) groups is 1. The molecule has 0 aliphatic heterocycles. The second-order valence-corrected chi connectivity index (χ2v) is 7.05. The lowest BCUT2D eigenvalue weighted by Gasteiger charge is -2.11. The molecule has 0 saturated carbocycles. The van der Waals surface area contributed by atoms with Crippen molar-refractivity contribution in [2.24, 2.45) is 0 Å². The van der Waals surface area contributed by atoms with E-state index >= 15 is 0 Å². The highest BCUT2D eigenvalue weighted by atomic mass is 35.5.